The lowest BCUT2D eigenvalue weighted by atomic mass is 9.74. The quantitative estimate of drug-likeness (QED) is 0.159. The molecular weight excluding hydrogens is 674 g/mol. The monoisotopic (exact) mass is 714 g/mol. The Morgan fingerprint density at radius 3 is 1.51 bits per heavy atom. The first-order chi connectivity index (χ1) is 22.7. The van der Waals surface area contributed by atoms with E-state index in [-0.39, 0.29) is 32.3 Å². The van der Waals surface area contributed by atoms with Crippen molar-refractivity contribution < 1.29 is 60.5 Å². The smallest absolute Gasteiger partial charge is 0.435 e. The molecule has 0 aromatic carbocycles. The number of halogens is 6. The van der Waals surface area contributed by atoms with Gasteiger partial charge in [0.15, 0.2) is 17.4 Å². The zero-order valence-electron chi connectivity index (χ0n) is 27.3. The van der Waals surface area contributed by atoms with Crippen LogP contribution in [0.3, 0.4) is 0 Å². The van der Waals surface area contributed by atoms with Gasteiger partial charge in [0.2, 0.25) is 5.91 Å². The summed E-state index contributed by atoms with van der Waals surface area (Å²) in [7, 11) is 5.31. The van der Waals surface area contributed by atoms with E-state index in [9.17, 15) is 55.7 Å². The van der Waals surface area contributed by atoms with Crippen LogP contribution in [0.5, 0.6) is 0 Å². The number of ether oxygens (including phenoxy) is 1. The second-order valence-corrected chi connectivity index (χ2v) is 11.2. The van der Waals surface area contributed by atoms with Gasteiger partial charge in [-0.15, -0.1) is 0 Å². The molecule has 2 aliphatic carbocycles. The summed E-state index contributed by atoms with van der Waals surface area (Å²) in [5.41, 5.74) is -2.57. The van der Waals surface area contributed by atoms with E-state index in [4.69, 9.17) is 4.74 Å². The van der Waals surface area contributed by atoms with E-state index in [2.05, 4.69) is 31.9 Å². The number of carbonyl (C=O) groups excluding carboxylic acids is 4. The van der Waals surface area contributed by atoms with Gasteiger partial charge >= 0.3 is 18.3 Å². The van der Waals surface area contributed by atoms with Crippen LogP contribution >= 0.6 is 0 Å². The van der Waals surface area contributed by atoms with E-state index in [0.29, 0.717) is 12.8 Å². The summed E-state index contributed by atoms with van der Waals surface area (Å²) in [6, 6.07) is -2.75. The molecule has 2 heterocycles. The predicted octanol–water partition coefficient (Wildman–Crippen LogP) is 0.789. The molecule has 276 valence electrons. The van der Waals surface area contributed by atoms with Crippen LogP contribution in [0.1, 0.15) is 77.6 Å². The number of rotatable bonds is 9. The molecule has 2 fully saturated rings. The lowest BCUT2D eigenvalue weighted by Crippen LogP contribution is -2.62. The molecule has 21 heteroatoms. The molecule has 2 aromatic heterocycles. The third-order valence-corrected chi connectivity index (χ3v) is 7.78. The first-order valence-corrected chi connectivity index (χ1v) is 14.9. The fourth-order valence-electron chi connectivity index (χ4n) is 5.03. The standard InChI is InChI=1S/C14H18F3N3O4.C13H17F3N4O3.CH5N/c1-3-24-12(22)10(13(23)5-4-6-13)18-11(21)8-7-20(2)19-9(8)14(15,16)17;1-17-11(22)9(12(23)4-3-5-12)18-10(21)7-6-20(2)19-8(7)13(14,15)16;1-2/h7,10,23H,3-6H2,1-2H3,(H,18,21);6,9,23H,3-5H2,1-2H3,(H,17,22)(H,18,21);2H2,1H3. The minimum atomic E-state index is -4.82. The van der Waals surface area contributed by atoms with Gasteiger partial charge in [0, 0.05) is 33.5 Å². The Labute approximate surface area is 276 Å². The second kappa shape index (κ2) is 16.0. The number of aliphatic hydroxyl groups is 2. The van der Waals surface area contributed by atoms with Gasteiger partial charge in [0.1, 0.15) is 6.04 Å². The van der Waals surface area contributed by atoms with E-state index in [1.54, 1.807) is 6.92 Å². The van der Waals surface area contributed by atoms with Crippen molar-refractivity contribution in [3.05, 3.63) is 34.9 Å². The van der Waals surface area contributed by atoms with Crippen molar-refractivity contribution in [1.29, 1.82) is 0 Å². The minimum absolute atomic E-state index is 0.0159. The number of hydrogen-bond donors (Lipinski definition) is 6. The number of esters is 1. The normalized spacial score (nSPS) is 17.3. The molecule has 0 aliphatic heterocycles. The molecule has 0 bridgehead atoms. The second-order valence-electron chi connectivity index (χ2n) is 11.2. The molecule has 0 saturated heterocycles. The third kappa shape index (κ3) is 9.69. The van der Waals surface area contributed by atoms with Crippen molar-refractivity contribution in [1.82, 2.24) is 35.5 Å². The molecule has 0 spiro atoms. The van der Waals surface area contributed by atoms with Crippen molar-refractivity contribution >= 4 is 23.7 Å². The average molecular weight is 715 g/mol. The number of nitrogens with two attached hydrogens (primary N) is 1. The van der Waals surface area contributed by atoms with Crippen molar-refractivity contribution in [3.63, 3.8) is 0 Å². The summed E-state index contributed by atoms with van der Waals surface area (Å²) in [6.07, 6.45) is -5.43. The molecule has 3 amide bonds. The largest absolute Gasteiger partial charge is 0.464 e. The summed E-state index contributed by atoms with van der Waals surface area (Å²) in [6.45, 7) is 1.56. The van der Waals surface area contributed by atoms with Crippen LogP contribution in [0.2, 0.25) is 0 Å². The summed E-state index contributed by atoms with van der Waals surface area (Å²) in [4.78, 5) is 48.3. The first-order valence-electron chi connectivity index (χ1n) is 14.9. The maximum atomic E-state index is 13.0. The minimum Gasteiger partial charge on any atom is -0.464 e. The molecule has 4 rings (SSSR count). The Bertz CT molecular complexity index is 1480. The molecule has 2 atom stereocenters. The number of alkyl halides is 6. The SMILES string of the molecule is CCOC(=O)C(NC(=O)c1cn(C)nc1C(F)(F)F)C1(O)CCC1.CN.CNC(=O)C(NC(=O)c1cn(C)nc1C(F)(F)F)C1(O)CCC1. The van der Waals surface area contributed by atoms with Crippen molar-refractivity contribution in [2.75, 3.05) is 20.7 Å². The van der Waals surface area contributed by atoms with Crippen LogP contribution in [0, 0.1) is 0 Å². The maximum Gasteiger partial charge on any atom is 0.435 e. The van der Waals surface area contributed by atoms with E-state index >= 15 is 0 Å². The zero-order chi connectivity index (χ0) is 37.5. The fraction of sp³-hybridized carbons (Fsp3) is 0.643. The Balaban J connectivity index is 0.000000324. The maximum absolute atomic E-state index is 13.0. The van der Waals surface area contributed by atoms with Gasteiger partial charge in [-0.05, 0) is 52.5 Å². The molecule has 2 saturated carbocycles. The number of aromatic nitrogens is 4. The zero-order valence-corrected chi connectivity index (χ0v) is 27.3. The van der Waals surface area contributed by atoms with Gasteiger partial charge in [-0.25, -0.2) is 4.79 Å². The molecule has 0 radical (unpaired) electrons. The number of hydrogen-bond acceptors (Lipinski definition) is 10. The fourth-order valence-corrected chi connectivity index (χ4v) is 5.03. The van der Waals surface area contributed by atoms with Gasteiger partial charge < -0.3 is 36.6 Å². The van der Waals surface area contributed by atoms with Gasteiger partial charge in [0.05, 0.1) is 28.9 Å². The van der Waals surface area contributed by atoms with Gasteiger partial charge in [-0.3, -0.25) is 23.7 Å². The van der Waals surface area contributed by atoms with E-state index in [1.807, 2.05) is 0 Å². The van der Waals surface area contributed by atoms with Crippen molar-refractivity contribution in [2.45, 2.75) is 81.1 Å². The van der Waals surface area contributed by atoms with Crippen LogP contribution in [0.15, 0.2) is 12.4 Å². The lowest BCUT2D eigenvalue weighted by molar-refractivity contribution is -0.158. The van der Waals surface area contributed by atoms with Gasteiger partial charge in [0.25, 0.3) is 11.8 Å². The highest BCUT2D eigenvalue weighted by molar-refractivity contribution is 5.99. The number of aryl methyl sites for hydroxylation is 2. The predicted molar refractivity (Wildman–Crippen MR) is 157 cm³/mol. The molecule has 2 unspecified atom stereocenters. The Hall–Kier alpha value is -4.24. The highest BCUT2D eigenvalue weighted by atomic mass is 19.4. The molecule has 49 heavy (non-hydrogen) atoms. The molecule has 2 aliphatic rings. The van der Waals surface area contributed by atoms with Crippen LogP contribution in [-0.2, 0) is 40.8 Å². The molecule has 15 nitrogen and oxygen atoms in total. The number of carbonyl (C=O) groups is 4. The average Bonchev–Trinajstić information content (AvgIpc) is 3.60. The number of nitrogens with zero attached hydrogens (tertiary/aromatic N) is 4. The topological polar surface area (TPSA) is 216 Å². The van der Waals surface area contributed by atoms with Crippen LogP contribution in [-0.4, -0.2) is 97.5 Å². The van der Waals surface area contributed by atoms with Crippen LogP contribution < -0.4 is 21.7 Å². The van der Waals surface area contributed by atoms with E-state index in [0.717, 1.165) is 21.8 Å². The van der Waals surface area contributed by atoms with Gasteiger partial charge in [-0.2, -0.15) is 36.5 Å². The molecule has 7 N–H and O–H groups in total. The summed E-state index contributed by atoms with van der Waals surface area (Å²) >= 11 is 0. The van der Waals surface area contributed by atoms with Crippen molar-refractivity contribution in [3.8, 4) is 0 Å². The Morgan fingerprint density at radius 1 is 0.837 bits per heavy atom. The number of likely N-dealkylation sites (N-methyl/N-ethyl adjacent to an activating group) is 1. The Morgan fingerprint density at radius 2 is 1.20 bits per heavy atom. The third-order valence-electron chi connectivity index (χ3n) is 7.78. The lowest BCUT2D eigenvalue weighted by Gasteiger charge is -2.42. The van der Waals surface area contributed by atoms with E-state index in [1.165, 1.54) is 28.2 Å². The Kier molecular flexibility index (Phi) is 13.3. The van der Waals surface area contributed by atoms with Crippen LogP contribution in [0.4, 0.5) is 26.3 Å². The summed E-state index contributed by atoms with van der Waals surface area (Å²) in [5, 5.41) is 33.8. The molecular formula is C28H40F6N8O7. The number of amides is 3. The molecule has 2 aromatic rings. The first kappa shape index (κ1) is 40.9. The summed E-state index contributed by atoms with van der Waals surface area (Å²) in [5.74, 6) is -3.81. The summed E-state index contributed by atoms with van der Waals surface area (Å²) < 4.78 is 84.1. The number of nitrogens with one attached hydrogen (secondary N) is 3. The van der Waals surface area contributed by atoms with Crippen molar-refractivity contribution in [2.24, 2.45) is 19.8 Å². The highest BCUT2D eigenvalue weighted by Gasteiger charge is 2.50. The van der Waals surface area contributed by atoms with Gasteiger partial charge in [-0.1, -0.05) is 0 Å². The highest BCUT2D eigenvalue weighted by Crippen LogP contribution is 2.37. The van der Waals surface area contributed by atoms with E-state index < -0.39 is 81.8 Å². The van der Waals surface area contributed by atoms with Crippen LogP contribution in [0.25, 0.3) is 0 Å².